The summed E-state index contributed by atoms with van der Waals surface area (Å²) in [6, 6.07) is 7.50. The fraction of sp³-hybridized carbons (Fsp3) is 0.649. The Balaban J connectivity index is 2.08. The fourth-order valence-corrected chi connectivity index (χ4v) is 12.0. The number of aromatic hydroxyl groups is 2. The van der Waals surface area contributed by atoms with Crippen LogP contribution in [0.2, 0.25) is 0 Å². The lowest BCUT2D eigenvalue weighted by Gasteiger charge is -2.61. The molecule has 67 heavy (non-hydrogen) atoms. The molecular weight excluding hydrogens is 841 g/mol. The van der Waals surface area contributed by atoms with Crippen LogP contribution < -0.4 is 0 Å². The largest absolute Gasteiger partial charge is 0.507 e. The third kappa shape index (κ3) is 10.8. The van der Waals surface area contributed by atoms with Crippen LogP contribution >= 0.6 is 0 Å². The van der Waals surface area contributed by atoms with Crippen LogP contribution in [0.1, 0.15) is 198 Å². The molecule has 2 aliphatic heterocycles. The first kappa shape index (κ1) is 55.0. The average molecular weight is 927 g/mol. The molecule has 0 atom stereocenters. The molecule has 2 aliphatic rings. The Kier molecular flexibility index (Phi) is 14.8. The molecule has 2 saturated heterocycles. The minimum Gasteiger partial charge on any atom is -0.507 e. The second kappa shape index (κ2) is 18.0. The first-order valence-electron chi connectivity index (χ1n) is 24.1. The van der Waals surface area contributed by atoms with Crippen molar-refractivity contribution >= 4 is 23.8 Å². The van der Waals surface area contributed by atoms with E-state index in [4.69, 9.17) is 9.47 Å². The number of carbonyl (C=O) groups excluding carboxylic acids is 4. The molecule has 2 fully saturated rings. The van der Waals surface area contributed by atoms with E-state index >= 15 is 9.59 Å². The number of hydrogen-bond donors (Lipinski definition) is 2. The molecule has 2 aromatic carbocycles. The third-order valence-electron chi connectivity index (χ3n) is 14.5. The van der Waals surface area contributed by atoms with Crippen molar-refractivity contribution < 1.29 is 38.9 Å². The number of ether oxygens (including phenoxy) is 2. The highest BCUT2D eigenvalue weighted by atomic mass is 16.6. The molecular formula is C57H86N2O8. The normalized spacial score (nSPS) is 19.1. The lowest BCUT2D eigenvalue weighted by Crippen LogP contribution is -2.70. The van der Waals surface area contributed by atoms with E-state index in [2.05, 4.69) is 13.2 Å². The topological polar surface area (TPSA) is 134 Å². The van der Waals surface area contributed by atoms with Gasteiger partial charge in [-0.3, -0.25) is 19.2 Å². The predicted octanol–water partition coefficient (Wildman–Crippen LogP) is 12.0. The summed E-state index contributed by atoms with van der Waals surface area (Å²) >= 11 is 0. The Labute approximate surface area is 404 Å². The van der Waals surface area contributed by atoms with Gasteiger partial charge in [-0.05, 0) is 184 Å². The first-order chi connectivity index (χ1) is 30.1. The van der Waals surface area contributed by atoms with E-state index in [0.29, 0.717) is 33.4 Å². The van der Waals surface area contributed by atoms with E-state index in [1.165, 1.54) is 12.2 Å². The third-order valence-corrected chi connectivity index (χ3v) is 14.5. The summed E-state index contributed by atoms with van der Waals surface area (Å²) in [6.45, 7) is 47.2. The molecule has 2 aromatic rings. The number of phenols is 2. The van der Waals surface area contributed by atoms with E-state index in [0.717, 1.165) is 0 Å². The van der Waals surface area contributed by atoms with Crippen LogP contribution in [0.25, 0.3) is 0 Å². The minimum atomic E-state index is -1.96. The zero-order valence-corrected chi connectivity index (χ0v) is 45.0. The quantitative estimate of drug-likeness (QED) is 0.137. The molecule has 0 saturated carbocycles. The van der Waals surface area contributed by atoms with Crippen LogP contribution in [0.15, 0.2) is 49.6 Å². The molecule has 372 valence electrons. The zero-order chi connectivity index (χ0) is 51.6. The molecule has 0 unspecified atom stereocenters. The number of amides is 2. The van der Waals surface area contributed by atoms with Gasteiger partial charge in [0.05, 0.1) is 0 Å². The molecule has 2 N–H and O–H groups in total. The average Bonchev–Trinajstić information content (AvgIpc) is 3.13. The summed E-state index contributed by atoms with van der Waals surface area (Å²) in [7, 11) is 0. The number of hydrogen-bond acceptors (Lipinski definition) is 8. The summed E-state index contributed by atoms with van der Waals surface area (Å²) in [6.07, 6.45) is 3.60. The molecule has 10 nitrogen and oxygen atoms in total. The van der Waals surface area contributed by atoms with Gasteiger partial charge in [-0.2, -0.15) is 0 Å². The van der Waals surface area contributed by atoms with Crippen molar-refractivity contribution in [2.24, 2.45) is 17.3 Å². The maximum Gasteiger partial charge on any atom is 0.324 e. The van der Waals surface area contributed by atoms with E-state index in [1.54, 1.807) is 9.80 Å². The maximum absolute atomic E-state index is 16.1. The number of esters is 2. The molecule has 2 amide bonds. The summed E-state index contributed by atoms with van der Waals surface area (Å²) in [5.41, 5.74) is -3.06. The van der Waals surface area contributed by atoms with E-state index in [1.807, 2.05) is 163 Å². The van der Waals surface area contributed by atoms with Crippen molar-refractivity contribution in [3.05, 3.63) is 83.0 Å². The highest BCUT2D eigenvalue weighted by molar-refractivity contribution is 6.01. The first-order valence-corrected chi connectivity index (χ1v) is 24.1. The standard InChI is InChI=1S/C57H86N2O8/c1-23-43(60)58-53(15,16)29-37(30-54(58,17)18)57(38-31-55(19,20)59(44(61)24-2)56(21,22)32-38,47(64)66-33-35-25-39(49(3,4)5)45(62)40(26-35)50(6,7)8)48(65)67-34-36-27-41(51(9,10)11)46(63)42(28-36)52(12,13)14/h23-28,37-38,62-63H,1-2,29-34H2,3-22H3. The number of phenolic OH excluding ortho intramolecular Hbond substituents is 2. The molecule has 0 spiro atoms. The van der Waals surface area contributed by atoms with Crippen LogP contribution in [0.5, 0.6) is 11.5 Å². The Bertz CT molecular complexity index is 2000. The lowest BCUT2D eigenvalue weighted by atomic mass is 9.53. The highest BCUT2D eigenvalue weighted by Crippen LogP contribution is 2.58. The molecule has 2 heterocycles. The lowest BCUT2D eigenvalue weighted by molar-refractivity contribution is -0.200. The second-order valence-corrected chi connectivity index (χ2v) is 26.3. The van der Waals surface area contributed by atoms with E-state index < -0.39 is 73.0 Å². The predicted molar refractivity (Wildman–Crippen MR) is 269 cm³/mol. The van der Waals surface area contributed by atoms with Crippen LogP contribution in [0.3, 0.4) is 0 Å². The van der Waals surface area contributed by atoms with Gasteiger partial charge in [0.25, 0.3) is 0 Å². The van der Waals surface area contributed by atoms with E-state index in [-0.39, 0.29) is 62.2 Å². The summed E-state index contributed by atoms with van der Waals surface area (Å²) in [5, 5.41) is 23.2. The van der Waals surface area contributed by atoms with Gasteiger partial charge in [0.1, 0.15) is 24.7 Å². The van der Waals surface area contributed by atoms with Crippen molar-refractivity contribution in [3.8, 4) is 11.5 Å². The van der Waals surface area contributed by atoms with Crippen LogP contribution in [0, 0.1) is 17.3 Å². The summed E-state index contributed by atoms with van der Waals surface area (Å²) in [5.74, 6) is -3.02. The van der Waals surface area contributed by atoms with Gasteiger partial charge < -0.3 is 29.5 Å². The number of nitrogens with zero attached hydrogens (tertiary/aromatic N) is 2. The number of likely N-dealkylation sites (tertiary alicyclic amines) is 2. The van der Waals surface area contributed by atoms with Gasteiger partial charge in [0, 0.05) is 22.2 Å². The Morgan fingerprint density at radius 2 is 0.746 bits per heavy atom. The number of piperidine rings is 2. The van der Waals surface area contributed by atoms with Crippen LogP contribution in [0.4, 0.5) is 0 Å². The number of rotatable bonds is 10. The number of carbonyl (C=O) groups is 4. The van der Waals surface area contributed by atoms with Gasteiger partial charge >= 0.3 is 11.9 Å². The van der Waals surface area contributed by atoms with Crippen molar-refractivity contribution in [1.82, 2.24) is 9.80 Å². The smallest absolute Gasteiger partial charge is 0.324 e. The molecule has 10 heteroatoms. The van der Waals surface area contributed by atoms with Gasteiger partial charge in [0.2, 0.25) is 11.8 Å². The Morgan fingerprint density at radius 1 is 0.522 bits per heavy atom. The highest BCUT2D eigenvalue weighted by Gasteiger charge is 2.67. The Hall–Kier alpha value is -4.60. The van der Waals surface area contributed by atoms with Gasteiger partial charge in [-0.1, -0.05) is 96.2 Å². The van der Waals surface area contributed by atoms with Gasteiger partial charge in [-0.25, -0.2) is 0 Å². The zero-order valence-electron chi connectivity index (χ0n) is 45.0. The van der Waals surface area contributed by atoms with Crippen LogP contribution in [-0.4, -0.2) is 65.9 Å². The molecule has 0 aromatic heterocycles. The monoisotopic (exact) mass is 927 g/mol. The minimum absolute atomic E-state index is 0.191. The molecule has 0 bridgehead atoms. The summed E-state index contributed by atoms with van der Waals surface area (Å²) < 4.78 is 13.2. The SMILES string of the molecule is C=CC(=O)N1C(C)(C)CC(C(C(=O)OCc2cc(C(C)(C)C)c(O)c(C(C)(C)C)c2)(C(=O)OCc2cc(C(C)(C)C)c(O)c(C(C)(C)C)c2)C2CC(C)(C)N(C(=O)C=C)C(C)(C)C2)CC1(C)C. The van der Waals surface area contributed by atoms with E-state index in [9.17, 15) is 19.8 Å². The van der Waals surface area contributed by atoms with Gasteiger partial charge in [0.15, 0.2) is 5.41 Å². The van der Waals surface area contributed by atoms with Gasteiger partial charge in [-0.15, -0.1) is 0 Å². The maximum atomic E-state index is 16.1. The van der Waals surface area contributed by atoms with Crippen molar-refractivity contribution in [3.63, 3.8) is 0 Å². The van der Waals surface area contributed by atoms with Crippen molar-refractivity contribution in [1.29, 1.82) is 0 Å². The molecule has 0 radical (unpaired) electrons. The second-order valence-electron chi connectivity index (χ2n) is 26.3. The Morgan fingerprint density at radius 3 is 0.940 bits per heavy atom. The van der Waals surface area contributed by atoms with Crippen LogP contribution in [-0.2, 0) is 63.5 Å². The number of benzene rings is 2. The molecule has 4 rings (SSSR count). The molecule has 0 aliphatic carbocycles. The van der Waals surface area contributed by atoms with Crippen molar-refractivity contribution in [2.45, 2.75) is 221 Å². The summed E-state index contributed by atoms with van der Waals surface area (Å²) in [4.78, 5) is 63.3. The fourth-order valence-electron chi connectivity index (χ4n) is 12.0. The van der Waals surface area contributed by atoms with Crippen molar-refractivity contribution in [2.75, 3.05) is 0 Å².